The molecule has 0 spiro atoms. The van der Waals surface area contributed by atoms with Crippen molar-refractivity contribution >= 4 is 16.8 Å². The Kier molecular flexibility index (Phi) is 4.76. The lowest BCUT2D eigenvalue weighted by Crippen LogP contribution is -2.35. The Morgan fingerprint density at radius 2 is 2.00 bits per heavy atom. The number of carbonyl (C=O) groups excluding carboxylic acids is 1. The summed E-state index contributed by atoms with van der Waals surface area (Å²) >= 11 is 0. The van der Waals surface area contributed by atoms with Gasteiger partial charge in [0, 0.05) is 30.6 Å². The van der Waals surface area contributed by atoms with Gasteiger partial charge in [0.2, 0.25) is 0 Å². The minimum Gasteiger partial charge on any atom is -0.396 e. The smallest absolute Gasteiger partial charge is 0.270 e. The summed E-state index contributed by atoms with van der Waals surface area (Å²) in [5.41, 5.74) is 2.57. The largest absolute Gasteiger partial charge is 0.396 e. The molecular formula is C15H20N2O3. The molecule has 1 heterocycles. The van der Waals surface area contributed by atoms with E-state index >= 15 is 0 Å². The summed E-state index contributed by atoms with van der Waals surface area (Å²) in [5.74, 6) is -0.152. The molecule has 0 saturated carbocycles. The Morgan fingerprint density at radius 3 is 2.70 bits per heavy atom. The highest BCUT2D eigenvalue weighted by molar-refractivity contribution is 5.98. The second kappa shape index (κ2) is 6.54. The van der Waals surface area contributed by atoms with E-state index in [1.165, 1.54) is 0 Å². The van der Waals surface area contributed by atoms with E-state index in [-0.39, 0.29) is 25.7 Å². The minimum absolute atomic E-state index is 0.0289. The third kappa shape index (κ3) is 3.18. The van der Waals surface area contributed by atoms with Crippen LogP contribution in [0.15, 0.2) is 24.3 Å². The quantitative estimate of drug-likeness (QED) is 0.744. The Hall–Kier alpha value is -1.85. The predicted octanol–water partition coefficient (Wildman–Crippen LogP) is 1.29. The molecule has 108 valence electrons. The summed E-state index contributed by atoms with van der Waals surface area (Å²) in [6.45, 7) is 2.65. The highest BCUT2D eigenvalue weighted by atomic mass is 16.3. The van der Waals surface area contributed by atoms with E-state index in [0.29, 0.717) is 18.7 Å². The van der Waals surface area contributed by atoms with Gasteiger partial charge in [0.15, 0.2) is 0 Å². The number of aryl methyl sites for hydroxylation is 1. The van der Waals surface area contributed by atoms with Crippen molar-refractivity contribution in [2.45, 2.75) is 13.3 Å². The molecule has 1 amide bonds. The number of aliphatic hydroxyl groups excluding tert-OH is 2. The number of hydrogen-bond acceptors (Lipinski definition) is 3. The Labute approximate surface area is 117 Å². The van der Waals surface area contributed by atoms with Gasteiger partial charge >= 0.3 is 0 Å². The van der Waals surface area contributed by atoms with Gasteiger partial charge in [-0.3, -0.25) is 4.79 Å². The van der Waals surface area contributed by atoms with Crippen molar-refractivity contribution in [3.8, 4) is 0 Å². The Bertz CT molecular complexity index is 592. The van der Waals surface area contributed by atoms with Gasteiger partial charge in [0.05, 0.1) is 6.61 Å². The number of carbonyl (C=O) groups is 1. The van der Waals surface area contributed by atoms with Crippen molar-refractivity contribution in [3.63, 3.8) is 0 Å². The molecule has 1 aromatic heterocycles. The predicted molar refractivity (Wildman–Crippen MR) is 77.7 cm³/mol. The van der Waals surface area contributed by atoms with Crippen LogP contribution in [0.5, 0.6) is 0 Å². The van der Waals surface area contributed by atoms with E-state index < -0.39 is 0 Å². The van der Waals surface area contributed by atoms with Crippen molar-refractivity contribution in [1.82, 2.24) is 9.88 Å². The van der Waals surface area contributed by atoms with Crippen LogP contribution < -0.4 is 0 Å². The van der Waals surface area contributed by atoms with Gasteiger partial charge < -0.3 is 20.1 Å². The number of aromatic nitrogens is 1. The van der Waals surface area contributed by atoms with Crippen molar-refractivity contribution < 1.29 is 15.0 Å². The molecule has 0 fully saturated rings. The minimum atomic E-state index is -0.152. The van der Waals surface area contributed by atoms with Crippen LogP contribution in [-0.4, -0.2) is 52.3 Å². The highest BCUT2D eigenvalue weighted by Gasteiger charge is 2.17. The number of benzene rings is 1. The average molecular weight is 276 g/mol. The number of rotatable bonds is 6. The second-order valence-electron chi connectivity index (χ2n) is 4.87. The van der Waals surface area contributed by atoms with Gasteiger partial charge in [0.25, 0.3) is 5.91 Å². The van der Waals surface area contributed by atoms with Crippen molar-refractivity contribution in [2.24, 2.45) is 0 Å². The first-order chi connectivity index (χ1) is 9.65. The van der Waals surface area contributed by atoms with Crippen LogP contribution in [-0.2, 0) is 0 Å². The number of nitrogens with zero attached hydrogens (tertiary/aromatic N) is 1. The van der Waals surface area contributed by atoms with Crippen LogP contribution in [0.4, 0.5) is 0 Å². The molecule has 0 radical (unpaired) electrons. The zero-order valence-electron chi connectivity index (χ0n) is 11.6. The van der Waals surface area contributed by atoms with Gasteiger partial charge in [-0.25, -0.2) is 0 Å². The van der Waals surface area contributed by atoms with Gasteiger partial charge in [-0.2, -0.15) is 0 Å². The number of amides is 1. The Balaban J connectivity index is 2.23. The summed E-state index contributed by atoms with van der Waals surface area (Å²) in [6.07, 6.45) is 0.505. The third-order valence-electron chi connectivity index (χ3n) is 3.25. The SMILES string of the molecule is Cc1ccc2cc(C(=O)N(CCO)CCCO)[nH]c2c1. The zero-order valence-corrected chi connectivity index (χ0v) is 11.6. The third-order valence-corrected chi connectivity index (χ3v) is 3.25. The molecule has 1 aromatic carbocycles. The molecule has 20 heavy (non-hydrogen) atoms. The number of H-pyrrole nitrogens is 1. The summed E-state index contributed by atoms with van der Waals surface area (Å²) in [5, 5.41) is 18.9. The van der Waals surface area contributed by atoms with Crippen molar-refractivity contribution in [2.75, 3.05) is 26.3 Å². The van der Waals surface area contributed by atoms with Crippen LogP contribution in [0.3, 0.4) is 0 Å². The molecule has 5 heteroatoms. The number of fused-ring (bicyclic) bond motifs is 1. The van der Waals surface area contributed by atoms with Crippen LogP contribution in [0.1, 0.15) is 22.5 Å². The van der Waals surface area contributed by atoms with Crippen molar-refractivity contribution in [1.29, 1.82) is 0 Å². The molecule has 0 aliphatic carbocycles. The van der Waals surface area contributed by atoms with E-state index in [1.807, 2.05) is 31.2 Å². The fourth-order valence-electron chi connectivity index (χ4n) is 2.22. The maximum atomic E-state index is 12.4. The number of aromatic amines is 1. The highest BCUT2D eigenvalue weighted by Crippen LogP contribution is 2.18. The standard InChI is InChI=1S/C15H20N2O3/c1-11-3-4-12-10-14(16-13(12)9-11)15(20)17(6-8-19)5-2-7-18/h3-4,9-10,16,18-19H,2,5-8H2,1H3. The fourth-order valence-corrected chi connectivity index (χ4v) is 2.22. The number of hydrogen-bond donors (Lipinski definition) is 3. The maximum Gasteiger partial charge on any atom is 0.270 e. The molecule has 3 N–H and O–H groups in total. The maximum absolute atomic E-state index is 12.4. The molecule has 5 nitrogen and oxygen atoms in total. The lowest BCUT2D eigenvalue weighted by Gasteiger charge is -2.20. The fraction of sp³-hybridized carbons (Fsp3) is 0.400. The van der Waals surface area contributed by atoms with Crippen LogP contribution in [0, 0.1) is 6.92 Å². The number of nitrogens with one attached hydrogen (secondary N) is 1. The molecule has 0 atom stereocenters. The topological polar surface area (TPSA) is 76.6 Å². The first-order valence-corrected chi connectivity index (χ1v) is 6.76. The van der Waals surface area contributed by atoms with Gasteiger partial charge in [0.1, 0.15) is 5.69 Å². The molecule has 0 saturated heterocycles. The molecule has 2 rings (SSSR count). The normalized spacial score (nSPS) is 10.9. The summed E-state index contributed by atoms with van der Waals surface area (Å²) in [6, 6.07) is 7.79. The molecule has 0 bridgehead atoms. The van der Waals surface area contributed by atoms with Crippen molar-refractivity contribution in [3.05, 3.63) is 35.5 Å². The van der Waals surface area contributed by atoms with E-state index in [4.69, 9.17) is 10.2 Å². The zero-order chi connectivity index (χ0) is 14.5. The Morgan fingerprint density at radius 1 is 1.20 bits per heavy atom. The van der Waals surface area contributed by atoms with Gasteiger partial charge in [-0.1, -0.05) is 12.1 Å². The summed E-state index contributed by atoms with van der Waals surface area (Å²) in [4.78, 5) is 17.1. The van der Waals surface area contributed by atoms with E-state index in [0.717, 1.165) is 16.5 Å². The monoisotopic (exact) mass is 276 g/mol. The van der Waals surface area contributed by atoms with Crippen LogP contribution >= 0.6 is 0 Å². The lowest BCUT2D eigenvalue weighted by molar-refractivity contribution is 0.0705. The first-order valence-electron chi connectivity index (χ1n) is 6.76. The molecule has 0 aliphatic rings. The van der Waals surface area contributed by atoms with Gasteiger partial charge in [-0.05, 0) is 31.0 Å². The number of aliphatic hydroxyl groups is 2. The van der Waals surface area contributed by atoms with E-state index in [2.05, 4.69) is 4.98 Å². The molecule has 0 unspecified atom stereocenters. The second-order valence-corrected chi connectivity index (χ2v) is 4.87. The van der Waals surface area contributed by atoms with Crippen LogP contribution in [0.25, 0.3) is 10.9 Å². The average Bonchev–Trinajstić information content (AvgIpc) is 2.85. The summed E-state index contributed by atoms with van der Waals surface area (Å²) < 4.78 is 0. The lowest BCUT2D eigenvalue weighted by atomic mass is 10.2. The first kappa shape index (κ1) is 14.6. The summed E-state index contributed by atoms with van der Waals surface area (Å²) in [7, 11) is 0. The van der Waals surface area contributed by atoms with Gasteiger partial charge in [-0.15, -0.1) is 0 Å². The molecule has 2 aromatic rings. The molecule has 0 aliphatic heterocycles. The van der Waals surface area contributed by atoms with E-state index in [1.54, 1.807) is 4.90 Å². The van der Waals surface area contributed by atoms with E-state index in [9.17, 15) is 4.79 Å². The molecular weight excluding hydrogens is 256 g/mol. The van der Waals surface area contributed by atoms with Crippen LogP contribution in [0.2, 0.25) is 0 Å².